The Labute approximate surface area is 135 Å². The third-order valence-corrected chi connectivity index (χ3v) is 4.82. The minimum absolute atomic E-state index is 0.0747. The lowest BCUT2D eigenvalue weighted by Gasteiger charge is -2.11. The Morgan fingerprint density at radius 2 is 1.78 bits per heavy atom. The van der Waals surface area contributed by atoms with Gasteiger partial charge in [0.25, 0.3) is 15.7 Å². The molecular formula is C16H18N2O4S. The van der Waals surface area contributed by atoms with Crippen molar-refractivity contribution in [2.24, 2.45) is 0 Å². The van der Waals surface area contributed by atoms with Crippen molar-refractivity contribution in [3.63, 3.8) is 0 Å². The molecule has 0 spiro atoms. The van der Waals surface area contributed by atoms with Crippen LogP contribution >= 0.6 is 0 Å². The summed E-state index contributed by atoms with van der Waals surface area (Å²) in [4.78, 5) is 10.4. The summed E-state index contributed by atoms with van der Waals surface area (Å²) in [6, 6.07) is 10.7. The van der Waals surface area contributed by atoms with Gasteiger partial charge in [-0.15, -0.1) is 0 Å². The number of anilines is 1. The Bertz CT molecular complexity index is 814. The largest absolute Gasteiger partial charge is 0.279 e. The van der Waals surface area contributed by atoms with Crippen LogP contribution in [0.2, 0.25) is 0 Å². The van der Waals surface area contributed by atoms with E-state index in [4.69, 9.17) is 0 Å². The van der Waals surface area contributed by atoms with Crippen molar-refractivity contribution in [3.8, 4) is 0 Å². The number of aryl methyl sites for hydroxylation is 2. The third kappa shape index (κ3) is 4.07. The molecule has 0 aliphatic rings. The fraction of sp³-hybridized carbons (Fsp3) is 0.250. The number of hydrogen-bond donors (Lipinski definition) is 1. The lowest BCUT2D eigenvalue weighted by atomic mass is 10.1. The zero-order valence-electron chi connectivity index (χ0n) is 12.9. The van der Waals surface area contributed by atoms with Gasteiger partial charge in [-0.2, -0.15) is 0 Å². The summed E-state index contributed by atoms with van der Waals surface area (Å²) in [6.07, 6.45) is 1.89. The van der Waals surface area contributed by atoms with Gasteiger partial charge in [-0.1, -0.05) is 25.5 Å². The van der Waals surface area contributed by atoms with Crippen molar-refractivity contribution < 1.29 is 13.3 Å². The van der Waals surface area contributed by atoms with Crippen LogP contribution in [0, 0.1) is 17.0 Å². The second-order valence-corrected chi connectivity index (χ2v) is 6.94. The van der Waals surface area contributed by atoms with Crippen molar-refractivity contribution in [1.82, 2.24) is 0 Å². The lowest BCUT2D eigenvalue weighted by Crippen LogP contribution is -2.13. The van der Waals surface area contributed by atoms with Crippen LogP contribution in [0.3, 0.4) is 0 Å². The molecule has 122 valence electrons. The molecule has 7 heteroatoms. The highest BCUT2D eigenvalue weighted by Crippen LogP contribution is 2.24. The van der Waals surface area contributed by atoms with Gasteiger partial charge in [0.2, 0.25) is 0 Å². The predicted molar refractivity (Wildman–Crippen MR) is 89.1 cm³/mol. The summed E-state index contributed by atoms with van der Waals surface area (Å²) < 4.78 is 27.3. The second-order valence-electron chi connectivity index (χ2n) is 5.26. The number of nitrogens with zero attached hydrogens (tertiary/aromatic N) is 1. The summed E-state index contributed by atoms with van der Waals surface area (Å²) in [5, 5.41) is 10.7. The normalized spacial score (nSPS) is 11.2. The standard InChI is InChI=1S/C16H18N2O4S/c1-3-4-13-5-8-15(9-6-13)23(21,22)17-16-10-7-14(18(19)20)11-12(16)2/h5-11,17H,3-4H2,1-2H3. The SMILES string of the molecule is CCCc1ccc(S(=O)(=O)Nc2ccc([N+](=O)[O-])cc2C)cc1. The molecule has 0 saturated carbocycles. The van der Waals surface area contributed by atoms with E-state index in [0.29, 0.717) is 11.3 Å². The number of nitro groups is 1. The topological polar surface area (TPSA) is 89.3 Å². The van der Waals surface area contributed by atoms with Crippen LogP contribution in [-0.2, 0) is 16.4 Å². The number of non-ortho nitro benzene ring substituents is 1. The Morgan fingerprint density at radius 3 is 2.30 bits per heavy atom. The van der Waals surface area contributed by atoms with E-state index in [1.807, 2.05) is 0 Å². The van der Waals surface area contributed by atoms with E-state index in [1.165, 1.54) is 18.2 Å². The first kappa shape index (κ1) is 17.0. The minimum atomic E-state index is -3.72. The first-order valence-electron chi connectivity index (χ1n) is 7.20. The van der Waals surface area contributed by atoms with Gasteiger partial charge < -0.3 is 0 Å². The van der Waals surface area contributed by atoms with Crippen LogP contribution in [-0.4, -0.2) is 13.3 Å². The predicted octanol–water partition coefficient (Wildman–Crippen LogP) is 3.66. The van der Waals surface area contributed by atoms with Gasteiger partial charge in [0.1, 0.15) is 0 Å². The monoisotopic (exact) mass is 334 g/mol. The average Bonchev–Trinajstić information content (AvgIpc) is 2.50. The molecule has 2 rings (SSSR count). The van der Waals surface area contributed by atoms with E-state index in [1.54, 1.807) is 31.2 Å². The van der Waals surface area contributed by atoms with Gasteiger partial charge in [-0.3, -0.25) is 14.8 Å². The number of benzene rings is 2. The van der Waals surface area contributed by atoms with E-state index in [-0.39, 0.29) is 10.6 Å². The fourth-order valence-electron chi connectivity index (χ4n) is 2.20. The van der Waals surface area contributed by atoms with Crippen LogP contribution in [0.15, 0.2) is 47.4 Å². The second kappa shape index (κ2) is 6.78. The van der Waals surface area contributed by atoms with Crippen LogP contribution in [0.5, 0.6) is 0 Å². The van der Waals surface area contributed by atoms with Gasteiger partial charge in [0, 0.05) is 12.1 Å². The number of rotatable bonds is 6. The lowest BCUT2D eigenvalue weighted by molar-refractivity contribution is -0.384. The Morgan fingerprint density at radius 1 is 1.13 bits per heavy atom. The smallest absolute Gasteiger partial charge is 0.269 e. The summed E-state index contributed by atoms with van der Waals surface area (Å²) in [5.74, 6) is 0. The van der Waals surface area contributed by atoms with Crippen LogP contribution < -0.4 is 4.72 Å². The van der Waals surface area contributed by atoms with Gasteiger partial charge >= 0.3 is 0 Å². The fourth-order valence-corrected chi connectivity index (χ4v) is 3.33. The maximum atomic E-state index is 12.4. The maximum Gasteiger partial charge on any atom is 0.269 e. The van der Waals surface area contributed by atoms with Gasteiger partial charge in [-0.05, 0) is 42.7 Å². The van der Waals surface area contributed by atoms with Crippen molar-refractivity contribution in [2.75, 3.05) is 4.72 Å². The molecule has 0 unspecified atom stereocenters. The van der Waals surface area contributed by atoms with Gasteiger partial charge in [0.05, 0.1) is 15.5 Å². The first-order chi connectivity index (χ1) is 10.8. The quantitative estimate of drug-likeness (QED) is 0.645. The first-order valence-corrected chi connectivity index (χ1v) is 8.68. The van der Waals surface area contributed by atoms with Crippen LogP contribution in [0.25, 0.3) is 0 Å². The highest BCUT2D eigenvalue weighted by atomic mass is 32.2. The molecule has 2 aromatic carbocycles. The Balaban J connectivity index is 2.25. The molecule has 0 aromatic heterocycles. The molecule has 0 saturated heterocycles. The molecule has 23 heavy (non-hydrogen) atoms. The van der Waals surface area contributed by atoms with Crippen molar-refractivity contribution in [1.29, 1.82) is 0 Å². The van der Waals surface area contributed by atoms with Crippen molar-refractivity contribution in [3.05, 3.63) is 63.7 Å². The number of hydrogen-bond acceptors (Lipinski definition) is 4. The molecular weight excluding hydrogens is 316 g/mol. The molecule has 0 aliphatic carbocycles. The molecule has 0 atom stereocenters. The summed E-state index contributed by atoms with van der Waals surface area (Å²) in [7, 11) is -3.72. The molecule has 1 N–H and O–H groups in total. The van der Waals surface area contributed by atoms with Crippen molar-refractivity contribution in [2.45, 2.75) is 31.6 Å². The summed E-state index contributed by atoms with van der Waals surface area (Å²) in [5.41, 5.74) is 1.82. The summed E-state index contributed by atoms with van der Waals surface area (Å²) in [6.45, 7) is 3.68. The molecule has 0 fully saturated rings. The van der Waals surface area contributed by atoms with E-state index in [2.05, 4.69) is 11.6 Å². The molecule has 0 amide bonds. The van der Waals surface area contributed by atoms with Gasteiger partial charge in [0.15, 0.2) is 0 Å². The molecule has 0 radical (unpaired) electrons. The van der Waals surface area contributed by atoms with E-state index < -0.39 is 14.9 Å². The molecule has 0 bridgehead atoms. The van der Waals surface area contributed by atoms with E-state index in [9.17, 15) is 18.5 Å². The van der Waals surface area contributed by atoms with Crippen molar-refractivity contribution >= 4 is 21.4 Å². The number of nitrogens with one attached hydrogen (secondary N) is 1. The third-order valence-electron chi connectivity index (χ3n) is 3.44. The highest BCUT2D eigenvalue weighted by molar-refractivity contribution is 7.92. The molecule has 2 aromatic rings. The molecule has 6 nitrogen and oxygen atoms in total. The molecule has 0 heterocycles. The number of sulfonamides is 1. The van der Waals surface area contributed by atoms with Crippen LogP contribution in [0.1, 0.15) is 24.5 Å². The zero-order valence-corrected chi connectivity index (χ0v) is 13.8. The Kier molecular flexibility index (Phi) is 5.00. The maximum absolute atomic E-state index is 12.4. The summed E-state index contributed by atoms with van der Waals surface area (Å²) >= 11 is 0. The zero-order chi connectivity index (χ0) is 17.0. The van der Waals surface area contributed by atoms with E-state index >= 15 is 0 Å². The Hall–Kier alpha value is -2.41. The molecule has 0 aliphatic heterocycles. The van der Waals surface area contributed by atoms with E-state index in [0.717, 1.165) is 18.4 Å². The minimum Gasteiger partial charge on any atom is -0.279 e. The average molecular weight is 334 g/mol. The van der Waals surface area contributed by atoms with Crippen LogP contribution in [0.4, 0.5) is 11.4 Å². The number of nitro benzene ring substituents is 1. The van der Waals surface area contributed by atoms with Gasteiger partial charge in [-0.25, -0.2) is 8.42 Å². The highest BCUT2D eigenvalue weighted by Gasteiger charge is 2.16.